The molecule has 5 aromatic rings. The largest absolute Gasteiger partial charge is 0.573 e. The number of hydrogen-bond acceptors (Lipinski definition) is 10. The van der Waals surface area contributed by atoms with E-state index in [9.17, 15) is 13.2 Å². The van der Waals surface area contributed by atoms with Crippen LogP contribution in [-0.4, -0.2) is 73.2 Å². The number of aryl methyl sites for hydroxylation is 1. The zero-order valence-electron chi connectivity index (χ0n) is 22.8. The van der Waals surface area contributed by atoms with E-state index in [1.807, 2.05) is 43.0 Å². The highest BCUT2D eigenvalue weighted by Gasteiger charge is 2.31. The normalized spacial score (nSPS) is 11.7. The summed E-state index contributed by atoms with van der Waals surface area (Å²) < 4.78 is 44.8. The van der Waals surface area contributed by atoms with Crippen molar-refractivity contribution in [2.45, 2.75) is 12.9 Å². The van der Waals surface area contributed by atoms with E-state index in [0.717, 1.165) is 24.5 Å². The Morgan fingerprint density at radius 3 is 2.46 bits per heavy atom. The van der Waals surface area contributed by atoms with E-state index in [2.05, 4.69) is 45.3 Å². The number of benzene rings is 1. The Bertz CT molecular complexity index is 1630. The Morgan fingerprint density at radius 2 is 1.73 bits per heavy atom. The second-order valence-electron chi connectivity index (χ2n) is 9.45. The van der Waals surface area contributed by atoms with Crippen LogP contribution in [0, 0.1) is 0 Å². The second kappa shape index (κ2) is 11.3. The average molecular weight is 568 g/mol. The van der Waals surface area contributed by atoms with Gasteiger partial charge in [-0.3, -0.25) is 9.25 Å². The molecule has 12 nitrogen and oxygen atoms in total. The number of hydrogen-bond donors (Lipinski definition) is 2. The molecule has 0 atom stereocenters. The van der Waals surface area contributed by atoms with E-state index in [0.29, 0.717) is 34.6 Å². The lowest BCUT2D eigenvalue weighted by atomic mass is 10.3. The first-order valence-corrected chi connectivity index (χ1v) is 12.5. The SMILES string of the molecule is CN(C)CCn1cc(Nc2nccc(N(C)c3cnc4c(c3)nc(Nc3ccc(OC(F)(F)F)cc3)n4C)n2)cn1. The lowest BCUT2D eigenvalue weighted by Gasteiger charge is -2.18. The fourth-order valence-electron chi connectivity index (χ4n) is 3.94. The smallest absolute Gasteiger partial charge is 0.406 e. The van der Waals surface area contributed by atoms with E-state index in [4.69, 9.17) is 0 Å². The van der Waals surface area contributed by atoms with Crippen LogP contribution in [0.15, 0.2) is 61.2 Å². The van der Waals surface area contributed by atoms with Crippen LogP contribution in [0.5, 0.6) is 5.75 Å². The maximum absolute atomic E-state index is 12.4. The number of nitrogens with one attached hydrogen (secondary N) is 2. The van der Waals surface area contributed by atoms with Gasteiger partial charge in [0.25, 0.3) is 0 Å². The predicted octanol–water partition coefficient (Wildman–Crippen LogP) is 4.67. The molecule has 0 unspecified atom stereocenters. The van der Waals surface area contributed by atoms with Crippen molar-refractivity contribution in [2.75, 3.05) is 43.2 Å². The molecule has 0 saturated carbocycles. The molecule has 4 heterocycles. The molecule has 4 aromatic heterocycles. The number of nitrogens with zero attached hydrogens (tertiary/aromatic N) is 9. The molecule has 0 amide bonds. The van der Waals surface area contributed by atoms with Gasteiger partial charge >= 0.3 is 6.36 Å². The van der Waals surface area contributed by atoms with Crippen molar-refractivity contribution >= 4 is 45.9 Å². The van der Waals surface area contributed by atoms with Crippen molar-refractivity contribution in [1.29, 1.82) is 0 Å². The molecule has 0 bridgehead atoms. The van der Waals surface area contributed by atoms with Crippen LogP contribution in [0.25, 0.3) is 11.2 Å². The van der Waals surface area contributed by atoms with Gasteiger partial charge < -0.3 is 25.2 Å². The summed E-state index contributed by atoms with van der Waals surface area (Å²) in [5.41, 5.74) is 3.31. The molecular formula is C26H28F3N11O. The molecule has 5 rings (SSSR count). The average Bonchev–Trinajstić information content (AvgIpc) is 3.50. The number of aromatic nitrogens is 7. The van der Waals surface area contributed by atoms with Crippen molar-refractivity contribution in [3.63, 3.8) is 0 Å². The summed E-state index contributed by atoms with van der Waals surface area (Å²) >= 11 is 0. The van der Waals surface area contributed by atoms with Gasteiger partial charge in [0.05, 0.1) is 30.3 Å². The van der Waals surface area contributed by atoms with Gasteiger partial charge in [-0.15, -0.1) is 13.2 Å². The summed E-state index contributed by atoms with van der Waals surface area (Å²) in [6, 6.07) is 9.06. The van der Waals surface area contributed by atoms with E-state index in [-0.39, 0.29) is 5.75 Å². The highest BCUT2D eigenvalue weighted by atomic mass is 19.4. The molecule has 0 aliphatic rings. The monoisotopic (exact) mass is 567 g/mol. The van der Waals surface area contributed by atoms with Crippen LogP contribution in [0.3, 0.4) is 0 Å². The molecule has 214 valence electrons. The van der Waals surface area contributed by atoms with Gasteiger partial charge in [-0.25, -0.2) is 15.0 Å². The van der Waals surface area contributed by atoms with Crippen LogP contribution < -0.4 is 20.3 Å². The van der Waals surface area contributed by atoms with Gasteiger partial charge in [0.2, 0.25) is 11.9 Å². The third-order valence-corrected chi connectivity index (χ3v) is 6.08. The Balaban J connectivity index is 1.29. The first-order valence-electron chi connectivity index (χ1n) is 12.5. The number of likely N-dealkylation sites (N-methyl/N-ethyl adjacent to an activating group) is 1. The second-order valence-corrected chi connectivity index (χ2v) is 9.45. The topological polar surface area (TPSA) is 114 Å². The Kier molecular flexibility index (Phi) is 7.61. The summed E-state index contributed by atoms with van der Waals surface area (Å²) in [5.74, 6) is 1.22. The number of pyridine rings is 1. The summed E-state index contributed by atoms with van der Waals surface area (Å²) in [5, 5.41) is 10.7. The van der Waals surface area contributed by atoms with Gasteiger partial charge in [-0.2, -0.15) is 10.1 Å². The van der Waals surface area contributed by atoms with Gasteiger partial charge in [0, 0.05) is 38.7 Å². The maximum Gasteiger partial charge on any atom is 0.573 e. The third kappa shape index (κ3) is 6.81. The standard InChI is InChI=1S/C26H28F3N11O/c1-37(2)11-12-40-16-18(14-32-40)33-24-30-10-9-22(36-24)38(3)19-13-21-23(31-15-19)39(4)25(35-21)34-17-5-7-20(8-6-17)41-26(27,28)29/h5-10,13-16H,11-12H2,1-4H3,(H,34,35)(H,30,33,36). The minimum atomic E-state index is -4.75. The molecule has 0 aliphatic carbocycles. The number of alkyl halides is 3. The third-order valence-electron chi connectivity index (χ3n) is 6.08. The Morgan fingerprint density at radius 1 is 0.951 bits per heavy atom. The number of halogens is 3. The maximum atomic E-state index is 12.4. The van der Waals surface area contributed by atoms with Crippen LogP contribution in [0.1, 0.15) is 0 Å². The highest BCUT2D eigenvalue weighted by molar-refractivity contribution is 5.80. The predicted molar refractivity (Wildman–Crippen MR) is 149 cm³/mol. The Hall–Kier alpha value is -4.92. The summed E-state index contributed by atoms with van der Waals surface area (Å²) in [6.45, 7) is 1.64. The molecule has 0 saturated heterocycles. The fourth-order valence-corrected chi connectivity index (χ4v) is 3.94. The van der Waals surface area contributed by atoms with Crippen molar-refractivity contribution < 1.29 is 17.9 Å². The molecule has 2 N–H and O–H groups in total. The van der Waals surface area contributed by atoms with E-state index < -0.39 is 6.36 Å². The van der Waals surface area contributed by atoms with Crippen LogP contribution in [-0.2, 0) is 13.6 Å². The van der Waals surface area contributed by atoms with E-state index in [1.54, 1.807) is 36.3 Å². The first kappa shape index (κ1) is 27.6. The number of anilines is 6. The summed E-state index contributed by atoms with van der Waals surface area (Å²) in [7, 11) is 7.68. The lowest BCUT2D eigenvalue weighted by molar-refractivity contribution is -0.274. The lowest BCUT2D eigenvalue weighted by Crippen LogP contribution is -2.18. The highest BCUT2D eigenvalue weighted by Crippen LogP contribution is 2.29. The number of rotatable bonds is 10. The molecule has 0 aliphatic heterocycles. The van der Waals surface area contributed by atoms with Crippen molar-refractivity contribution in [1.82, 2.24) is 39.2 Å². The number of ether oxygens (including phenoxy) is 1. The molecule has 41 heavy (non-hydrogen) atoms. The van der Waals surface area contributed by atoms with Gasteiger partial charge in [-0.1, -0.05) is 0 Å². The molecule has 0 spiro atoms. The van der Waals surface area contributed by atoms with Crippen molar-refractivity contribution in [2.24, 2.45) is 7.05 Å². The van der Waals surface area contributed by atoms with Gasteiger partial charge in [0.15, 0.2) is 5.65 Å². The quantitative estimate of drug-likeness (QED) is 0.247. The molecule has 0 radical (unpaired) electrons. The van der Waals surface area contributed by atoms with Crippen LogP contribution in [0.4, 0.5) is 47.9 Å². The zero-order chi connectivity index (χ0) is 29.1. The van der Waals surface area contributed by atoms with E-state index >= 15 is 0 Å². The summed E-state index contributed by atoms with van der Waals surface area (Å²) in [4.78, 5) is 22.1. The zero-order valence-corrected chi connectivity index (χ0v) is 22.8. The van der Waals surface area contributed by atoms with E-state index in [1.165, 1.54) is 24.3 Å². The Labute approximate surface area is 233 Å². The molecule has 0 fully saturated rings. The van der Waals surface area contributed by atoms with Crippen LogP contribution in [0.2, 0.25) is 0 Å². The molecular weight excluding hydrogens is 539 g/mol. The number of fused-ring (bicyclic) bond motifs is 1. The van der Waals surface area contributed by atoms with Crippen molar-refractivity contribution in [3.8, 4) is 5.75 Å². The van der Waals surface area contributed by atoms with Gasteiger partial charge in [-0.05, 0) is 50.5 Å². The van der Waals surface area contributed by atoms with Crippen LogP contribution >= 0.6 is 0 Å². The minimum absolute atomic E-state index is 0.305. The minimum Gasteiger partial charge on any atom is -0.406 e. The number of imidazole rings is 1. The molecule has 1 aromatic carbocycles. The van der Waals surface area contributed by atoms with Gasteiger partial charge in [0.1, 0.15) is 17.1 Å². The van der Waals surface area contributed by atoms with Crippen molar-refractivity contribution in [3.05, 3.63) is 61.2 Å². The first-order chi connectivity index (χ1) is 19.5. The summed E-state index contributed by atoms with van der Waals surface area (Å²) in [6.07, 6.45) is 2.25. The molecule has 15 heteroatoms. The fraction of sp³-hybridized carbons (Fsp3) is 0.269.